The van der Waals surface area contributed by atoms with E-state index in [-0.39, 0.29) is 11.4 Å². The molecule has 0 bridgehead atoms. The number of carbonyl (C=O) groups excluding carboxylic acids is 1. The summed E-state index contributed by atoms with van der Waals surface area (Å²) >= 11 is 0.439. The topological polar surface area (TPSA) is 101 Å². The molecular weight excluding hydrogens is 462 g/mol. The van der Waals surface area contributed by atoms with Crippen molar-refractivity contribution in [3.63, 3.8) is 0 Å². The first-order valence-corrected chi connectivity index (χ1v) is 10.9. The molecule has 172 valence electrons. The molecule has 0 radical (unpaired) electrons. The molecule has 8 nitrogen and oxygen atoms in total. The molecule has 11 heteroatoms. The highest BCUT2D eigenvalue weighted by molar-refractivity contribution is 7.99. The Kier molecular flexibility index (Phi) is 6.93. The van der Waals surface area contributed by atoms with Gasteiger partial charge in [0.25, 0.3) is 17.2 Å². The second-order valence-electron chi connectivity index (χ2n) is 7.03. The normalized spacial score (nSPS) is 11.3. The number of amides is 1. The van der Waals surface area contributed by atoms with Gasteiger partial charge in [0.2, 0.25) is 0 Å². The van der Waals surface area contributed by atoms with E-state index in [1.54, 1.807) is 36.5 Å². The van der Waals surface area contributed by atoms with E-state index in [1.165, 1.54) is 35.1 Å². The third-order valence-corrected chi connectivity index (χ3v) is 5.45. The van der Waals surface area contributed by atoms with Gasteiger partial charge in [-0.15, -0.1) is 0 Å². The zero-order valence-electron chi connectivity index (χ0n) is 17.8. The Hall–Kier alpha value is -4.12. The van der Waals surface area contributed by atoms with Crippen molar-refractivity contribution in [1.29, 1.82) is 0 Å². The van der Waals surface area contributed by atoms with Crippen LogP contribution in [0.3, 0.4) is 0 Å². The number of benzene rings is 1. The van der Waals surface area contributed by atoms with Gasteiger partial charge >= 0.3 is 0 Å². The van der Waals surface area contributed by atoms with Crippen LogP contribution in [-0.4, -0.2) is 32.2 Å². The number of nitrogens with zero attached hydrogens (tertiary/aromatic N) is 4. The molecular formula is C23H18F2N6O2S. The number of carbonyl (C=O) groups is 1. The SMILES string of the molecule is Cc1cccn2c(=O)c(/C=N/NC(=O)c3ccncc3)c(Nc3ccc(SC(F)F)cc3)nc12. The van der Waals surface area contributed by atoms with Crippen molar-refractivity contribution in [3.8, 4) is 0 Å². The average molecular weight is 481 g/mol. The number of halogens is 2. The van der Waals surface area contributed by atoms with E-state index in [9.17, 15) is 18.4 Å². The second-order valence-corrected chi connectivity index (χ2v) is 8.09. The van der Waals surface area contributed by atoms with Crippen LogP contribution in [0.2, 0.25) is 0 Å². The first-order chi connectivity index (χ1) is 16.4. The highest BCUT2D eigenvalue weighted by atomic mass is 32.2. The van der Waals surface area contributed by atoms with Crippen molar-refractivity contribution in [2.75, 3.05) is 5.32 Å². The van der Waals surface area contributed by atoms with Crippen molar-refractivity contribution in [1.82, 2.24) is 19.8 Å². The van der Waals surface area contributed by atoms with Crippen LogP contribution in [0.25, 0.3) is 5.65 Å². The van der Waals surface area contributed by atoms with Crippen LogP contribution in [0.5, 0.6) is 0 Å². The number of hydrazone groups is 1. The lowest BCUT2D eigenvalue weighted by atomic mass is 10.2. The highest BCUT2D eigenvalue weighted by Gasteiger charge is 2.14. The summed E-state index contributed by atoms with van der Waals surface area (Å²) in [7, 11) is 0. The molecule has 1 aromatic carbocycles. The molecule has 3 heterocycles. The average Bonchev–Trinajstić information content (AvgIpc) is 2.83. The smallest absolute Gasteiger partial charge is 0.288 e. The minimum atomic E-state index is -2.52. The van der Waals surface area contributed by atoms with E-state index < -0.39 is 17.2 Å². The molecule has 0 spiro atoms. The Morgan fingerprint density at radius 2 is 1.88 bits per heavy atom. The molecule has 4 aromatic rings. The summed E-state index contributed by atoms with van der Waals surface area (Å²) in [5.74, 6) is -2.78. The molecule has 2 N–H and O–H groups in total. The molecule has 0 unspecified atom stereocenters. The molecule has 34 heavy (non-hydrogen) atoms. The fourth-order valence-electron chi connectivity index (χ4n) is 3.10. The molecule has 0 aliphatic rings. The molecule has 0 aliphatic heterocycles. The van der Waals surface area contributed by atoms with Crippen LogP contribution >= 0.6 is 11.8 Å². The number of aromatic nitrogens is 3. The third kappa shape index (κ3) is 5.26. The summed E-state index contributed by atoms with van der Waals surface area (Å²) in [5, 5.41) is 6.98. The number of alkyl halides is 2. The van der Waals surface area contributed by atoms with E-state index in [1.807, 2.05) is 13.0 Å². The van der Waals surface area contributed by atoms with Crippen LogP contribution in [0.4, 0.5) is 20.3 Å². The van der Waals surface area contributed by atoms with Gasteiger partial charge in [-0.25, -0.2) is 10.4 Å². The minimum Gasteiger partial charge on any atom is -0.339 e. The van der Waals surface area contributed by atoms with Crippen molar-refractivity contribution in [2.45, 2.75) is 17.6 Å². The summed E-state index contributed by atoms with van der Waals surface area (Å²) in [6.45, 7) is 1.82. The zero-order chi connectivity index (χ0) is 24.1. The molecule has 0 saturated carbocycles. The highest BCUT2D eigenvalue weighted by Crippen LogP contribution is 2.27. The minimum absolute atomic E-state index is 0.101. The van der Waals surface area contributed by atoms with Crippen molar-refractivity contribution in [3.05, 3.63) is 94.2 Å². The molecule has 0 saturated heterocycles. The summed E-state index contributed by atoms with van der Waals surface area (Å²) in [6.07, 6.45) is 5.76. The number of nitrogens with one attached hydrogen (secondary N) is 2. The van der Waals surface area contributed by atoms with E-state index in [2.05, 4.69) is 25.8 Å². The molecule has 0 fully saturated rings. The third-order valence-electron chi connectivity index (χ3n) is 4.73. The lowest BCUT2D eigenvalue weighted by molar-refractivity contribution is 0.0955. The first-order valence-electron chi connectivity index (χ1n) is 9.99. The Morgan fingerprint density at radius 3 is 2.59 bits per heavy atom. The molecule has 3 aromatic heterocycles. The van der Waals surface area contributed by atoms with Gasteiger partial charge in [0.05, 0.1) is 6.21 Å². The number of rotatable bonds is 7. The van der Waals surface area contributed by atoms with Gasteiger partial charge in [-0.05, 0) is 55.0 Å². The Morgan fingerprint density at radius 1 is 1.15 bits per heavy atom. The van der Waals surface area contributed by atoms with Crippen molar-refractivity contribution in [2.24, 2.45) is 5.10 Å². The van der Waals surface area contributed by atoms with Crippen molar-refractivity contribution >= 4 is 41.0 Å². The lowest BCUT2D eigenvalue weighted by Crippen LogP contribution is -2.24. The van der Waals surface area contributed by atoms with Crippen molar-refractivity contribution < 1.29 is 13.6 Å². The van der Waals surface area contributed by atoms with Crippen LogP contribution < -0.4 is 16.3 Å². The summed E-state index contributed by atoms with van der Waals surface area (Å²) < 4.78 is 26.6. The van der Waals surface area contributed by atoms with Crippen LogP contribution in [0.1, 0.15) is 21.5 Å². The number of anilines is 2. The number of thioether (sulfide) groups is 1. The summed E-state index contributed by atoms with van der Waals surface area (Å²) in [5.41, 5.74) is 4.20. The monoisotopic (exact) mass is 480 g/mol. The Bertz CT molecular complexity index is 1410. The quantitative estimate of drug-likeness (QED) is 0.233. The number of aryl methyl sites for hydroxylation is 1. The number of pyridine rings is 2. The maximum Gasteiger partial charge on any atom is 0.288 e. The van der Waals surface area contributed by atoms with Gasteiger partial charge < -0.3 is 5.32 Å². The summed E-state index contributed by atoms with van der Waals surface area (Å²) in [6, 6.07) is 12.9. The first kappa shape index (κ1) is 23.1. The van der Waals surface area contributed by atoms with E-state index in [4.69, 9.17) is 0 Å². The predicted octanol–water partition coefficient (Wildman–Crippen LogP) is 4.22. The van der Waals surface area contributed by atoms with Gasteiger partial charge in [-0.1, -0.05) is 17.8 Å². The molecule has 1 amide bonds. The van der Waals surface area contributed by atoms with Gasteiger partial charge in [-0.3, -0.25) is 19.0 Å². The van der Waals surface area contributed by atoms with Gasteiger partial charge in [-0.2, -0.15) is 13.9 Å². The van der Waals surface area contributed by atoms with E-state index >= 15 is 0 Å². The predicted molar refractivity (Wildman–Crippen MR) is 127 cm³/mol. The lowest BCUT2D eigenvalue weighted by Gasteiger charge is -2.12. The number of hydrogen-bond donors (Lipinski definition) is 2. The van der Waals surface area contributed by atoms with Gasteiger partial charge in [0.15, 0.2) is 0 Å². The van der Waals surface area contributed by atoms with E-state index in [0.717, 1.165) is 5.56 Å². The molecule has 4 rings (SSSR count). The fourth-order valence-corrected chi connectivity index (χ4v) is 3.60. The fraction of sp³-hybridized carbons (Fsp3) is 0.0870. The number of hydrogen-bond acceptors (Lipinski definition) is 7. The second kappa shape index (κ2) is 10.2. The van der Waals surface area contributed by atoms with E-state index in [0.29, 0.717) is 33.6 Å². The zero-order valence-corrected chi connectivity index (χ0v) is 18.6. The Labute approximate surface area is 196 Å². The molecule has 0 aliphatic carbocycles. The maximum absolute atomic E-state index is 13.2. The van der Waals surface area contributed by atoms with Crippen LogP contribution in [0.15, 0.2) is 81.9 Å². The summed E-state index contributed by atoms with van der Waals surface area (Å²) in [4.78, 5) is 34.3. The van der Waals surface area contributed by atoms with Crippen LogP contribution in [0, 0.1) is 6.92 Å². The standard InChI is InChI=1S/C23H18F2N6O2S/c1-14-3-2-12-31-20(14)29-19(28-16-4-6-17(7-5-16)34-23(24)25)18(22(31)33)13-27-30-21(32)15-8-10-26-11-9-15/h2-13,23,28H,1H3,(H,30,32)/b27-13+. The Balaban J connectivity index is 1.68. The maximum atomic E-state index is 13.2. The largest absolute Gasteiger partial charge is 0.339 e. The molecule has 0 atom stereocenters. The van der Waals surface area contributed by atoms with Crippen LogP contribution in [-0.2, 0) is 0 Å². The van der Waals surface area contributed by atoms with Gasteiger partial charge in [0, 0.05) is 34.7 Å². The number of fused-ring (bicyclic) bond motifs is 1. The van der Waals surface area contributed by atoms with Gasteiger partial charge in [0.1, 0.15) is 17.0 Å².